The van der Waals surface area contributed by atoms with Crippen LogP contribution < -0.4 is 16.4 Å². The zero-order valence-electron chi connectivity index (χ0n) is 15.3. The van der Waals surface area contributed by atoms with Crippen LogP contribution in [-0.4, -0.2) is 42.2 Å². The van der Waals surface area contributed by atoms with E-state index in [9.17, 15) is 4.79 Å². The van der Waals surface area contributed by atoms with E-state index in [1.54, 1.807) is 12.1 Å². The fourth-order valence-electron chi connectivity index (χ4n) is 3.62. The van der Waals surface area contributed by atoms with Crippen molar-refractivity contribution in [3.05, 3.63) is 41.1 Å². The van der Waals surface area contributed by atoms with Crippen LogP contribution in [0.3, 0.4) is 0 Å². The number of aromatic nitrogens is 2. The zero-order valence-corrected chi connectivity index (χ0v) is 15.3. The van der Waals surface area contributed by atoms with E-state index in [-0.39, 0.29) is 0 Å². The first-order valence-electron chi connectivity index (χ1n) is 9.53. The average molecular weight is 367 g/mol. The molecule has 0 saturated carbocycles. The number of ether oxygens (including phenoxy) is 1. The molecule has 142 valence electrons. The van der Waals surface area contributed by atoms with Crippen LogP contribution >= 0.6 is 0 Å². The van der Waals surface area contributed by atoms with Crippen molar-refractivity contribution >= 4 is 11.7 Å². The van der Waals surface area contributed by atoms with E-state index in [1.165, 1.54) is 5.56 Å². The van der Waals surface area contributed by atoms with Gasteiger partial charge in [0.05, 0.1) is 5.69 Å². The molecule has 7 nitrogen and oxygen atoms in total. The van der Waals surface area contributed by atoms with Gasteiger partial charge in [-0.2, -0.15) is 0 Å². The maximum absolute atomic E-state index is 11.3. The first kappa shape index (κ1) is 17.9. The summed E-state index contributed by atoms with van der Waals surface area (Å²) >= 11 is 0. The molecule has 0 bridgehead atoms. The molecule has 3 heterocycles. The lowest BCUT2D eigenvalue weighted by atomic mass is 10.0. The molecule has 0 aliphatic carbocycles. The molecule has 0 radical (unpaired) electrons. The van der Waals surface area contributed by atoms with Gasteiger partial charge in [0.15, 0.2) is 5.82 Å². The van der Waals surface area contributed by atoms with E-state index >= 15 is 0 Å². The third kappa shape index (κ3) is 4.09. The lowest BCUT2D eigenvalue weighted by Crippen LogP contribution is -2.27. The molecule has 4 N–H and O–H groups in total. The number of anilines is 1. The number of primary amides is 1. The third-order valence-electron chi connectivity index (χ3n) is 5.23. The second-order valence-electron chi connectivity index (χ2n) is 7.13. The summed E-state index contributed by atoms with van der Waals surface area (Å²) in [5, 5.41) is 6.91. The highest BCUT2D eigenvalue weighted by molar-refractivity contribution is 5.93. The lowest BCUT2D eigenvalue weighted by Gasteiger charge is -2.21. The monoisotopic (exact) mass is 367 g/mol. The van der Waals surface area contributed by atoms with Crippen molar-refractivity contribution in [2.75, 3.05) is 31.6 Å². The Morgan fingerprint density at radius 3 is 2.89 bits per heavy atom. The Kier molecular flexibility index (Phi) is 5.31. The number of benzene rings is 1. The van der Waals surface area contributed by atoms with Crippen LogP contribution in [0.25, 0.3) is 11.4 Å². The van der Waals surface area contributed by atoms with Crippen molar-refractivity contribution < 1.29 is 9.53 Å². The second-order valence-corrected chi connectivity index (χ2v) is 7.13. The number of carbonyl (C=O) groups is 1. The number of rotatable bonds is 6. The van der Waals surface area contributed by atoms with Gasteiger partial charge in [-0.25, -0.2) is 9.97 Å². The quantitative estimate of drug-likeness (QED) is 0.719. The second kappa shape index (κ2) is 8.02. The molecular formula is C20H25N5O2. The zero-order chi connectivity index (χ0) is 18.6. The first-order valence-corrected chi connectivity index (χ1v) is 9.53. The Morgan fingerprint density at radius 2 is 2.15 bits per heavy atom. The van der Waals surface area contributed by atoms with Crippen molar-refractivity contribution in [1.29, 1.82) is 0 Å². The molecule has 1 saturated heterocycles. The minimum absolute atomic E-state index is 0.435. The molecule has 1 aromatic heterocycles. The molecule has 2 aliphatic rings. The van der Waals surface area contributed by atoms with E-state index in [1.807, 2.05) is 12.1 Å². The van der Waals surface area contributed by atoms with Crippen LogP contribution in [0.4, 0.5) is 5.82 Å². The van der Waals surface area contributed by atoms with Gasteiger partial charge >= 0.3 is 0 Å². The highest BCUT2D eigenvalue weighted by atomic mass is 16.5. The summed E-state index contributed by atoms with van der Waals surface area (Å²) in [5.41, 5.74) is 8.93. The van der Waals surface area contributed by atoms with Crippen molar-refractivity contribution in [3.8, 4) is 11.4 Å². The Labute approximate surface area is 158 Å². The van der Waals surface area contributed by atoms with Crippen LogP contribution in [0.15, 0.2) is 24.3 Å². The summed E-state index contributed by atoms with van der Waals surface area (Å²) < 4.78 is 5.46. The molecular weight excluding hydrogens is 342 g/mol. The molecule has 2 aromatic rings. The van der Waals surface area contributed by atoms with Gasteiger partial charge in [0.2, 0.25) is 5.91 Å². The number of hydrogen-bond donors (Lipinski definition) is 3. The predicted molar refractivity (Wildman–Crippen MR) is 103 cm³/mol. The summed E-state index contributed by atoms with van der Waals surface area (Å²) in [6.07, 6.45) is 3.15. The van der Waals surface area contributed by atoms with Gasteiger partial charge in [-0.15, -0.1) is 0 Å². The first-order chi connectivity index (χ1) is 13.2. The molecule has 1 unspecified atom stereocenters. The molecule has 1 fully saturated rings. The van der Waals surface area contributed by atoms with Crippen molar-refractivity contribution in [3.63, 3.8) is 0 Å². The van der Waals surface area contributed by atoms with E-state index in [0.717, 1.165) is 69.2 Å². The van der Waals surface area contributed by atoms with Gasteiger partial charge in [-0.05, 0) is 43.9 Å². The number of hydrogen-bond acceptors (Lipinski definition) is 6. The van der Waals surface area contributed by atoms with Gasteiger partial charge in [-0.1, -0.05) is 12.1 Å². The van der Waals surface area contributed by atoms with Gasteiger partial charge in [0.25, 0.3) is 0 Å². The van der Waals surface area contributed by atoms with Gasteiger partial charge in [-0.3, -0.25) is 4.79 Å². The largest absolute Gasteiger partial charge is 0.381 e. The van der Waals surface area contributed by atoms with Crippen LogP contribution in [0.5, 0.6) is 0 Å². The number of nitrogens with zero attached hydrogens (tertiary/aromatic N) is 2. The van der Waals surface area contributed by atoms with Gasteiger partial charge in [0, 0.05) is 43.0 Å². The van der Waals surface area contributed by atoms with Crippen LogP contribution in [0.1, 0.15) is 34.5 Å². The molecule has 2 aliphatic heterocycles. The Bertz CT molecular complexity index is 816. The van der Waals surface area contributed by atoms with Crippen LogP contribution in [0.2, 0.25) is 0 Å². The topological polar surface area (TPSA) is 102 Å². The van der Waals surface area contributed by atoms with E-state index in [4.69, 9.17) is 20.4 Å². The number of fused-ring (bicyclic) bond motifs is 1. The lowest BCUT2D eigenvalue weighted by molar-refractivity contribution is 0.100. The SMILES string of the molecule is NC(=O)c1ccc(-c2nc3c(c(NCCC4CCOC4)n2)CCNC3)cc1. The fourth-order valence-corrected chi connectivity index (χ4v) is 3.62. The number of nitrogens with two attached hydrogens (primary N) is 1. The molecule has 0 spiro atoms. The highest BCUT2D eigenvalue weighted by Gasteiger charge is 2.19. The molecule has 27 heavy (non-hydrogen) atoms. The summed E-state index contributed by atoms with van der Waals surface area (Å²) in [6.45, 7) is 4.31. The normalized spacial score (nSPS) is 18.9. The highest BCUT2D eigenvalue weighted by Crippen LogP contribution is 2.26. The number of nitrogens with one attached hydrogen (secondary N) is 2. The Balaban J connectivity index is 1.57. The van der Waals surface area contributed by atoms with Gasteiger partial charge in [0.1, 0.15) is 5.82 Å². The van der Waals surface area contributed by atoms with Gasteiger partial charge < -0.3 is 21.1 Å². The van der Waals surface area contributed by atoms with Crippen molar-refractivity contribution in [1.82, 2.24) is 15.3 Å². The average Bonchev–Trinajstić information content (AvgIpc) is 3.21. The molecule has 1 aromatic carbocycles. The third-order valence-corrected chi connectivity index (χ3v) is 5.23. The van der Waals surface area contributed by atoms with Crippen molar-refractivity contribution in [2.45, 2.75) is 25.8 Å². The Hall–Kier alpha value is -2.51. The number of carbonyl (C=O) groups excluding carboxylic acids is 1. The van der Waals surface area contributed by atoms with E-state index in [2.05, 4.69) is 10.6 Å². The standard InChI is InChI=1S/C20H25N5O2/c21-18(26)14-1-3-15(4-2-14)19-24-17-11-22-8-6-16(17)20(25-19)23-9-5-13-7-10-27-12-13/h1-4,13,22H,5-12H2,(H2,21,26)(H,23,24,25). The maximum Gasteiger partial charge on any atom is 0.248 e. The Morgan fingerprint density at radius 1 is 1.30 bits per heavy atom. The summed E-state index contributed by atoms with van der Waals surface area (Å²) in [7, 11) is 0. The van der Waals surface area contributed by atoms with Crippen molar-refractivity contribution in [2.24, 2.45) is 11.7 Å². The van der Waals surface area contributed by atoms with E-state index < -0.39 is 5.91 Å². The minimum atomic E-state index is -0.435. The molecule has 1 amide bonds. The number of amides is 1. The summed E-state index contributed by atoms with van der Waals surface area (Å²) in [5.74, 6) is 1.79. The minimum Gasteiger partial charge on any atom is -0.381 e. The summed E-state index contributed by atoms with van der Waals surface area (Å²) in [6, 6.07) is 7.12. The molecule has 7 heteroatoms. The maximum atomic E-state index is 11.3. The fraction of sp³-hybridized carbons (Fsp3) is 0.450. The van der Waals surface area contributed by atoms with E-state index in [0.29, 0.717) is 17.3 Å². The smallest absolute Gasteiger partial charge is 0.248 e. The molecule has 1 atom stereocenters. The van der Waals surface area contributed by atoms with Crippen LogP contribution in [-0.2, 0) is 17.7 Å². The van der Waals surface area contributed by atoms with Crippen LogP contribution in [0, 0.1) is 5.92 Å². The summed E-state index contributed by atoms with van der Waals surface area (Å²) in [4.78, 5) is 20.8. The molecule has 4 rings (SSSR count). The predicted octanol–water partition coefficient (Wildman–Crippen LogP) is 1.73.